The fraction of sp³-hybridized carbons (Fsp3) is 0.190. The van der Waals surface area contributed by atoms with Crippen molar-refractivity contribution in [1.29, 1.82) is 0 Å². The van der Waals surface area contributed by atoms with E-state index in [9.17, 15) is 9.59 Å². The summed E-state index contributed by atoms with van der Waals surface area (Å²) >= 11 is 1.49. The summed E-state index contributed by atoms with van der Waals surface area (Å²) in [5, 5.41) is 3.84. The van der Waals surface area contributed by atoms with Gasteiger partial charge in [0.25, 0.3) is 0 Å². The minimum atomic E-state index is -0.376. The Bertz CT molecular complexity index is 1000. The number of anilines is 2. The van der Waals surface area contributed by atoms with Crippen LogP contribution in [0, 0.1) is 5.92 Å². The number of aromatic nitrogens is 2. The van der Waals surface area contributed by atoms with Gasteiger partial charge in [0.15, 0.2) is 5.16 Å². The molecule has 28 heavy (non-hydrogen) atoms. The molecule has 2 heterocycles. The third-order valence-corrected chi connectivity index (χ3v) is 5.84. The van der Waals surface area contributed by atoms with E-state index in [-0.39, 0.29) is 24.2 Å². The Morgan fingerprint density at radius 2 is 1.89 bits per heavy atom. The molecule has 4 rings (SSSR count). The van der Waals surface area contributed by atoms with Gasteiger partial charge >= 0.3 is 0 Å². The fourth-order valence-electron chi connectivity index (χ4n) is 3.18. The van der Waals surface area contributed by atoms with E-state index < -0.39 is 0 Å². The number of carbonyl (C=O) groups is 2. The molecule has 2 amide bonds. The van der Waals surface area contributed by atoms with Crippen LogP contribution in [0.5, 0.6) is 0 Å². The minimum Gasteiger partial charge on any atom is -0.329 e. The minimum absolute atomic E-state index is 0.0259. The molecule has 1 fully saturated rings. The molecule has 1 atom stereocenters. The number of aryl methyl sites for hydroxylation is 1. The molecule has 7 heteroatoms. The van der Waals surface area contributed by atoms with Crippen molar-refractivity contribution in [2.45, 2.75) is 16.5 Å². The average Bonchev–Trinajstić information content (AvgIpc) is 3.30. The number of imidazole rings is 1. The zero-order valence-electron chi connectivity index (χ0n) is 15.4. The van der Waals surface area contributed by atoms with Crippen molar-refractivity contribution < 1.29 is 9.59 Å². The SMILES string of the molecule is Cn1ccnc1Sc1ccccc1NC(=O)C1CC(=O)N(c2ccccc2)C1. The number of hydrogen-bond acceptors (Lipinski definition) is 4. The topological polar surface area (TPSA) is 67.2 Å². The highest BCUT2D eigenvalue weighted by molar-refractivity contribution is 7.99. The predicted molar refractivity (Wildman–Crippen MR) is 109 cm³/mol. The van der Waals surface area contributed by atoms with Crippen LogP contribution < -0.4 is 10.2 Å². The first-order valence-corrected chi connectivity index (χ1v) is 9.84. The average molecular weight is 392 g/mol. The molecule has 2 aromatic carbocycles. The second-order valence-corrected chi connectivity index (χ2v) is 7.66. The molecule has 0 bridgehead atoms. The molecule has 0 spiro atoms. The normalized spacial score (nSPS) is 16.4. The zero-order valence-corrected chi connectivity index (χ0v) is 16.2. The summed E-state index contributed by atoms with van der Waals surface area (Å²) in [7, 11) is 1.93. The molecule has 6 nitrogen and oxygen atoms in total. The Labute approximate surface area is 167 Å². The largest absolute Gasteiger partial charge is 0.329 e. The summed E-state index contributed by atoms with van der Waals surface area (Å²) in [6.07, 6.45) is 3.84. The standard InChI is InChI=1S/C21H20N4O2S/c1-24-12-11-22-21(24)28-18-10-6-5-9-17(18)23-20(27)15-13-19(26)25(14-15)16-7-3-2-4-8-16/h2-12,15H,13-14H2,1H3,(H,23,27). The van der Waals surface area contributed by atoms with Crippen LogP contribution in [-0.4, -0.2) is 27.9 Å². The summed E-state index contributed by atoms with van der Waals surface area (Å²) in [4.78, 5) is 32.1. The lowest BCUT2D eigenvalue weighted by Gasteiger charge is -2.17. The van der Waals surface area contributed by atoms with Gasteiger partial charge in [0.05, 0.1) is 11.6 Å². The number of amides is 2. The lowest BCUT2D eigenvalue weighted by molar-refractivity contribution is -0.122. The second kappa shape index (κ2) is 7.90. The van der Waals surface area contributed by atoms with Crippen LogP contribution in [0.2, 0.25) is 0 Å². The van der Waals surface area contributed by atoms with Crippen molar-refractivity contribution in [1.82, 2.24) is 9.55 Å². The summed E-state index contributed by atoms with van der Waals surface area (Å²) in [6.45, 7) is 0.392. The van der Waals surface area contributed by atoms with E-state index in [1.807, 2.05) is 72.4 Å². The van der Waals surface area contributed by atoms with Crippen molar-refractivity contribution in [3.63, 3.8) is 0 Å². The van der Waals surface area contributed by atoms with Crippen molar-refractivity contribution >= 4 is 35.0 Å². The molecule has 1 aromatic heterocycles. The van der Waals surface area contributed by atoms with Crippen LogP contribution in [0.4, 0.5) is 11.4 Å². The van der Waals surface area contributed by atoms with E-state index in [4.69, 9.17) is 0 Å². The highest BCUT2D eigenvalue weighted by Gasteiger charge is 2.35. The molecule has 1 aliphatic rings. The van der Waals surface area contributed by atoms with Crippen LogP contribution in [0.15, 0.2) is 77.0 Å². The first-order valence-electron chi connectivity index (χ1n) is 9.02. The Morgan fingerprint density at radius 1 is 1.14 bits per heavy atom. The van der Waals surface area contributed by atoms with Gasteiger partial charge in [0.2, 0.25) is 11.8 Å². The zero-order chi connectivity index (χ0) is 19.5. The highest BCUT2D eigenvalue weighted by Crippen LogP contribution is 2.33. The van der Waals surface area contributed by atoms with E-state index in [0.29, 0.717) is 6.54 Å². The third-order valence-electron chi connectivity index (χ3n) is 4.69. The molecule has 3 aromatic rings. The maximum absolute atomic E-state index is 12.8. The molecule has 0 saturated carbocycles. The number of hydrogen-bond donors (Lipinski definition) is 1. The van der Waals surface area contributed by atoms with Crippen LogP contribution >= 0.6 is 11.8 Å². The van der Waals surface area contributed by atoms with Gasteiger partial charge in [-0.25, -0.2) is 4.98 Å². The summed E-state index contributed by atoms with van der Waals surface area (Å²) < 4.78 is 1.93. The van der Waals surface area contributed by atoms with Gasteiger partial charge in [-0.2, -0.15) is 0 Å². The lowest BCUT2D eigenvalue weighted by Crippen LogP contribution is -2.28. The number of rotatable bonds is 5. The number of nitrogens with zero attached hydrogens (tertiary/aromatic N) is 3. The molecule has 1 N–H and O–H groups in total. The third kappa shape index (κ3) is 3.80. The number of nitrogens with one attached hydrogen (secondary N) is 1. The monoisotopic (exact) mass is 392 g/mol. The van der Waals surface area contributed by atoms with Crippen molar-refractivity contribution in [2.75, 3.05) is 16.8 Å². The van der Waals surface area contributed by atoms with E-state index in [2.05, 4.69) is 10.3 Å². The first kappa shape index (κ1) is 18.3. The maximum atomic E-state index is 12.8. The second-order valence-electron chi connectivity index (χ2n) is 6.65. The highest BCUT2D eigenvalue weighted by atomic mass is 32.2. The van der Waals surface area contributed by atoms with Gasteiger partial charge < -0.3 is 14.8 Å². The molecule has 1 unspecified atom stereocenters. The van der Waals surface area contributed by atoms with Crippen LogP contribution in [0.3, 0.4) is 0 Å². The van der Waals surface area contributed by atoms with Crippen molar-refractivity contribution in [3.8, 4) is 0 Å². The molecule has 0 radical (unpaired) electrons. The smallest absolute Gasteiger partial charge is 0.229 e. The van der Waals surface area contributed by atoms with E-state index in [1.165, 1.54) is 11.8 Å². The van der Waals surface area contributed by atoms with Gasteiger partial charge in [0, 0.05) is 43.0 Å². The summed E-state index contributed by atoms with van der Waals surface area (Å²) in [5.74, 6) is -0.541. The molecular weight excluding hydrogens is 372 g/mol. The molecule has 142 valence electrons. The molecule has 0 aliphatic carbocycles. The van der Waals surface area contributed by atoms with Gasteiger partial charge in [0.1, 0.15) is 0 Å². The van der Waals surface area contributed by atoms with Crippen molar-refractivity contribution in [2.24, 2.45) is 13.0 Å². The van der Waals surface area contributed by atoms with Crippen LogP contribution in [0.25, 0.3) is 0 Å². The van der Waals surface area contributed by atoms with Crippen LogP contribution in [0.1, 0.15) is 6.42 Å². The predicted octanol–water partition coefficient (Wildman–Crippen LogP) is 3.56. The van der Waals surface area contributed by atoms with Crippen LogP contribution in [-0.2, 0) is 16.6 Å². The van der Waals surface area contributed by atoms with E-state index in [1.54, 1.807) is 11.1 Å². The number of para-hydroxylation sites is 2. The number of carbonyl (C=O) groups excluding carboxylic acids is 2. The Kier molecular flexibility index (Phi) is 5.16. The van der Waals surface area contributed by atoms with Gasteiger partial charge in [-0.1, -0.05) is 30.3 Å². The molecular formula is C21H20N4O2S. The Hall–Kier alpha value is -3.06. The first-order chi connectivity index (χ1) is 13.6. The lowest BCUT2D eigenvalue weighted by atomic mass is 10.1. The quantitative estimate of drug-likeness (QED) is 0.721. The summed E-state index contributed by atoms with van der Waals surface area (Å²) in [6, 6.07) is 17.1. The fourth-order valence-corrected chi connectivity index (χ4v) is 4.07. The van der Waals surface area contributed by atoms with Crippen molar-refractivity contribution in [3.05, 3.63) is 67.0 Å². The Balaban J connectivity index is 1.47. The van der Waals surface area contributed by atoms with E-state index >= 15 is 0 Å². The molecule has 1 aliphatic heterocycles. The maximum Gasteiger partial charge on any atom is 0.229 e. The van der Waals surface area contributed by atoms with Gasteiger partial charge in [-0.05, 0) is 36.0 Å². The van der Waals surface area contributed by atoms with Gasteiger partial charge in [-0.15, -0.1) is 0 Å². The van der Waals surface area contributed by atoms with E-state index in [0.717, 1.165) is 21.4 Å². The van der Waals surface area contributed by atoms with Gasteiger partial charge in [-0.3, -0.25) is 9.59 Å². The Morgan fingerprint density at radius 3 is 2.64 bits per heavy atom. The molecule has 1 saturated heterocycles. The summed E-state index contributed by atoms with van der Waals surface area (Å²) in [5.41, 5.74) is 1.56. The number of benzene rings is 2.